The fourth-order valence-corrected chi connectivity index (χ4v) is 2.70. The second-order valence-corrected chi connectivity index (χ2v) is 6.23. The molecule has 1 unspecified atom stereocenters. The first-order valence-corrected chi connectivity index (χ1v) is 8.42. The van der Waals surface area contributed by atoms with Crippen molar-refractivity contribution in [3.8, 4) is 0 Å². The van der Waals surface area contributed by atoms with Crippen molar-refractivity contribution in [1.29, 1.82) is 0 Å². The van der Waals surface area contributed by atoms with E-state index in [1.165, 1.54) is 5.01 Å². The molecule has 0 aliphatic heterocycles. The minimum atomic E-state index is 0.236. The summed E-state index contributed by atoms with van der Waals surface area (Å²) in [7, 11) is 1.71. The molecule has 0 spiro atoms. The van der Waals surface area contributed by atoms with E-state index in [1.807, 2.05) is 0 Å². The number of thiazole rings is 1. The number of hydrogen-bond acceptors (Lipinski definition) is 4. The van der Waals surface area contributed by atoms with Crippen molar-refractivity contribution in [3.05, 3.63) is 16.1 Å². The van der Waals surface area contributed by atoms with E-state index in [9.17, 15) is 0 Å². The van der Waals surface area contributed by atoms with Crippen molar-refractivity contribution < 1.29 is 4.74 Å². The summed E-state index contributed by atoms with van der Waals surface area (Å²) in [5, 5.41) is 9.91. The van der Waals surface area contributed by atoms with Gasteiger partial charge in [0, 0.05) is 44.0 Å². The molecule has 21 heavy (non-hydrogen) atoms. The predicted octanol–water partition coefficient (Wildman–Crippen LogP) is 2.40. The summed E-state index contributed by atoms with van der Waals surface area (Å²) in [5.41, 5.74) is 1.13. The average Bonchev–Trinajstić information content (AvgIpc) is 2.88. The lowest BCUT2D eigenvalue weighted by atomic mass is 10.2. The van der Waals surface area contributed by atoms with Crippen LogP contribution in [0.15, 0.2) is 10.4 Å². The van der Waals surface area contributed by atoms with Crippen LogP contribution in [0.4, 0.5) is 0 Å². The summed E-state index contributed by atoms with van der Waals surface area (Å²) in [5.74, 6) is 1.34. The lowest BCUT2D eigenvalue weighted by molar-refractivity contribution is 0.179. The van der Waals surface area contributed by atoms with E-state index < -0.39 is 0 Å². The number of rotatable bonds is 8. The lowest BCUT2D eigenvalue weighted by Crippen LogP contribution is -2.44. The van der Waals surface area contributed by atoms with Gasteiger partial charge in [-0.05, 0) is 13.8 Å². The van der Waals surface area contributed by atoms with Crippen LogP contribution in [0.25, 0.3) is 0 Å². The summed E-state index contributed by atoms with van der Waals surface area (Å²) < 4.78 is 5.13. The quantitative estimate of drug-likeness (QED) is 0.572. The number of hydrogen-bond donors (Lipinski definition) is 2. The predicted molar refractivity (Wildman–Crippen MR) is 90.4 cm³/mol. The third-order valence-electron chi connectivity index (χ3n) is 2.85. The molecule has 6 heteroatoms. The molecule has 1 rings (SSSR count). The molecule has 1 aromatic heterocycles. The number of guanidine groups is 1. The Morgan fingerprint density at radius 1 is 1.43 bits per heavy atom. The molecule has 0 aromatic carbocycles. The zero-order chi connectivity index (χ0) is 15.7. The molecule has 0 amide bonds. The van der Waals surface area contributed by atoms with Crippen molar-refractivity contribution in [2.75, 3.05) is 26.8 Å². The number of aliphatic imine (C=N–C) groups is 1. The Balaban J connectivity index is 2.49. The minimum absolute atomic E-state index is 0.236. The van der Waals surface area contributed by atoms with Crippen molar-refractivity contribution in [1.82, 2.24) is 15.6 Å². The molecular formula is C15H28N4OS. The smallest absolute Gasteiger partial charge is 0.191 e. The molecule has 0 bridgehead atoms. The fourth-order valence-electron chi connectivity index (χ4n) is 1.83. The van der Waals surface area contributed by atoms with Crippen LogP contribution in [0.3, 0.4) is 0 Å². The Kier molecular flexibility index (Phi) is 8.30. The largest absolute Gasteiger partial charge is 0.383 e. The van der Waals surface area contributed by atoms with E-state index in [1.54, 1.807) is 18.4 Å². The average molecular weight is 312 g/mol. The van der Waals surface area contributed by atoms with Gasteiger partial charge in [-0.3, -0.25) is 4.99 Å². The summed E-state index contributed by atoms with van der Waals surface area (Å²) in [6.07, 6.45) is 0.873. The van der Waals surface area contributed by atoms with Gasteiger partial charge in [-0.15, -0.1) is 11.3 Å². The third kappa shape index (κ3) is 6.91. The first-order valence-electron chi connectivity index (χ1n) is 7.54. The van der Waals surface area contributed by atoms with E-state index in [-0.39, 0.29) is 6.04 Å². The van der Waals surface area contributed by atoms with Crippen LogP contribution in [0, 0.1) is 0 Å². The first kappa shape index (κ1) is 17.9. The number of methoxy groups -OCH3 is 1. The molecule has 5 nitrogen and oxygen atoms in total. The maximum atomic E-state index is 5.13. The van der Waals surface area contributed by atoms with Gasteiger partial charge in [0.15, 0.2) is 5.96 Å². The van der Waals surface area contributed by atoms with Crippen LogP contribution < -0.4 is 10.6 Å². The summed E-state index contributed by atoms with van der Waals surface area (Å²) in [6, 6.07) is 0.236. The zero-order valence-electron chi connectivity index (χ0n) is 13.8. The highest BCUT2D eigenvalue weighted by molar-refractivity contribution is 7.09. The molecule has 120 valence electrons. The van der Waals surface area contributed by atoms with Gasteiger partial charge in [0.25, 0.3) is 0 Å². The number of ether oxygens (including phenoxy) is 1. The Hall–Kier alpha value is -1.14. The van der Waals surface area contributed by atoms with Crippen molar-refractivity contribution in [2.24, 2.45) is 4.99 Å². The van der Waals surface area contributed by atoms with Crippen LogP contribution in [0.5, 0.6) is 0 Å². The molecule has 0 saturated heterocycles. The Morgan fingerprint density at radius 2 is 2.19 bits per heavy atom. The molecule has 0 radical (unpaired) electrons. The molecule has 0 aliphatic rings. The van der Waals surface area contributed by atoms with Gasteiger partial charge >= 0.3 is 0 Å². The summed E-state index contributed by atoms with van der Waals surface area (Å²) in [6.45, 7) is 10.7. The van der Waals surface area contributed by atoms with Crippen molar-refractivity contribution in [3.63, 3.8) is 0 Å². The van der Waals surface area contributed by atoms with E-state index in [0.717, 1.165) is 31.2 Å². The standard InChI is InChI=1S/C15H28N4OS/c1-6-16-15(18-12(4)9-20-5)17-8-7-13-10-21-14(19-13)11(2)3/h10-12H,6-9H2,1-5H3,(H2,16,17,18). The van der Waals surface area contributed by atoms with Crippen molar-refractivity contribution in [2.45, 2.75) is 46.1 Å². The first-order chi connectivity index (χ1) is 10.1. The molecule has 0 fully saturated rings. The van der Waals surface area contributed by atoms with Gasteiger partial charge in [-0.2, -0.15) is 0 Å². The van der Waals surface area contributed by atoms with Gasteiger partial charge in [0.1, 0.15) is 0 Å². The highest BCUT2D eigenvalue weighted by Gasteiger charge is 2.06. The molecule has 1 aromatic rings. The van der Waals surface area contributed by atoms with Crippen LogP contribution in [0.1, 0.15) is 44.3 Å². The number of nitrogens with zero attached hydrogens (tertiary/aromatic N) is 2. The monoisotopic (exact) mass is 312 g/mol. The van der Waals surface area contributed by atoms with Crippen LogP contribution in [-0.4, -0.2) is 43.8 Å². The van der Waals surface area contributed by atoms with Gasteiger partial charge in [-0.1, -0.05) is 13.8 Å². The topological polar surface area (TPSA) is 58.5 Å². The minimum Gasteiger partial charge on any atom is -0.383 e. The van der Waals surface area contributed by atoms with E-state index >= 15 is 0 Å². The SMILES string of the molecule is CCNC(=NCCc1csc(C(C)C)n1)NC(C)COC. The Labute approximate surface area is 132 Å². The molecule has 1 atom stereocenters. The van der Waals surface area contributed by atoms with Crippen LogP contribution >= 0.6 is 11.3 Å². The fraction of sp³-hybridized carbons (Fsp3) is 0.733. The maximum absolute atomic E-state index is 5.13. The summed E-state index contributed by atoms with van der Waals surface area (Å²) >= 11 is 1.74. The number of aromatic nitrogens is 1. The third-order valence-corrected chi connectivity index (χ3v) is 4.04. The highest BCUT2D eigenvalue weighted by atomic mass is 32.1. The Morgan fingerprint density at radius 3 is 2.76 bits per heavy atom. The zero-order valence-corrected chi connectivity index (χ0v) is 14.6. The van der Waals surface area contributed by atoms with E-state index in [4.69, 9.17) is 4.74 Å². The highest BCUT2D eigenvalue weighted by Crippen LogP contribution is 2.19. The second kappa shape index (κ2) is 9.73. The second-order valence-electron chi connectivity index (χ2n) is 5.34. The Bertz CT molecular complexity index is 431. The van der Waals surface area contributed by atoms with Gasteiger partial charge in [0.05, 0.1) is 17.3 Å². The van der Waals surface area contributed by atoms with E-state index in [2.05, 4.69) is 53.7 Å². The number of nitrogens with one attached hydrogen (secondary N) is 2. The molecular weight excluding hydrogens is 284 g/mol. The molecule has 2 N–H and O–H groups in total. The normalized spacial score (nSPS) is 13.5. The van der Waals surface area contributed by atoms with Gasteiger partial charge < -0.3 is 15.4 Å². The van der Waals surface area contributed by atoms with Crippen LogP contribution in [-0.2, 0) is 11.2 Å². The van der Waals surface area contributed by atoms with Gasteiger partial charge in [0.2, 0.25) is 0 Å². The summed E-state index contributed by atoms with van der Waals surface area (Å²) in [4.78, 5) is 9.22. The lowest BCUT2D eigenvalue weighted by Gasteiger charge is -2.16. The maximum Gasteiger partial charge on any atom is 0.191 e. The molecule has 0 saturated carbocycles. The molecule has 0 aliphatic carbocycles. The van der Waals surface area contributed by atoms with E-state index in [0.29, 0.717) is 12.5 Å². The van der Waals surface area contributed by atoms with Crippen molar-refractivity contribution >= 4 is 17.3 Å². The van der Waals surface area contributed by atoms with Crippen LogP contribution in [0.2, 0.25) is 0 Å². The van der Waals surface area contributed by atoms with Gasteiger partial charge in [-0.25, -0.2) is 4.98 Å². The molecule has 1 heterocycles.